The molecule has 0 aromatic heterocycles. The summed E-state index contributed by atoms with van der Waals surface area (Å²) in [5.74, 6) is 0.913. The quantitative estimate of drug-likeness (QED) is 0.844. The molecule has 24 heavy (non-hydrogen) atoms. The largest absolute Gasteiger partial charge is 0.448 e. The van der Waals surface area contributed by atoms with Crippen molar-refractivity contribution in [2.75, 3.05) is 32.1 Å². The van der Waals surface area contributed by atoms with Crippen molar-refractivity contribution in [3.63, 3.8) is 0 Å². The number of nitrogens with zero attached hydrogens (tertiary/aromatic N) is 2. The van der Waals surface area contributed by atoms with Crippen LogP contribution >= 0.6 is 11.8 Å². The molecule has 1 aliphatic rings. The third kappa shape index (κ3) is 3.91. The minimum Gasteiger partial charge on any atom is -0.448 e. The second-order valence-corrected chi connectivity index (χ2v) is 7.05. The van der Waals surface area contributed by atoms with E-state index in [9.17, 15) is 4.79 Å². The molecule has 0 spiro atoms. The van der Waals surface area contributed by atoms with Crippen LogP contribution in [0.1, 0.15) is 11.1 Å². The van der Waals surface area contributed by atoms with Crippen LogP contribution in [0.25, 0.3) is 0 Å². The summed E-state index contributed by atoms with van der Waals surface area (Å²) >= 11 is 1.76. The Balaban J connectivity index is 1.87. The topological polar surface area (TPSA) is 32.8 Å². The number of amides is 1. The molecule has 4 nitrogen and oxygen atoms in total. The van der Waals surface area contributed by atoms with E-state index in [-0.39, 0.29) is 6.09 Å². The number of para-hydroxylation sites is 1. The zero-order chi connectivity index (χ0) is 16.9. The van der Waals surface area contributed by atoms with Gasteiger partial charge in [-0.2, -0.15) is 0 Å². The summed E-state index contributed by atoms with van der Waals surface area (Å²) in [6, 6.07) is 16.3. The molecule has 5 heteroatoms. The molecule has 0 N–H and O–H groups in total. The van der Waals surface area contributed by atoms with Crippen LogP contribution in [0.4, 0.5) is 10.5 Å². The highest BCUT2D eigenvalue weighted by atomic mass is 32.2. The summed E-state index contributed by atoms with van der Waals surface area (Å²) in [6.07, 6.45) is -0.290. The minimum atomic E-state index is -0.290. The van der Waals surface area contributed by atoms with Gasteiger partial charge in [0.1, 0.15) is 6.61 Å². The molecule has 0 fully saturated rings. The zero-order valence-electron chi connectivity index (χ0n) is 14.1. The van der Waals surface area contributed by atoms with Gasteiger partial charge in [0, 0.05) is 17.2 Å². The number of carbonyl (C=O) groups excluding carboxylic acids is 1. The van der Waals surface area contributed by atoms with E-state index < -0.39 is 0 Å². The average molecular weight is 342 g/mol. The van der Waals surface area contributed by atoms with Gasteiger partial charge in [-0.15, -0.1) is 11.8 Å². The number of carbonyl (C=O) groups is 1. The van der Waals surface area contributed by atoms with Gasteiger partial charge in [0.2, 0.25) is 0 Å². The van der Waals surface area contributed by atoms with Gasteiger partial charge >= 0.3 is 6.09 Å². The van der Waals surface area contributed by atoms with Crippen LogP contribution in [-0.4, -0.2) is 38.2 Å². The van der Waals surface area contributed by atoms with Gasteiger partial charge in [-0.25, -0.2) is 4.79 Å². The van der Waals surface area contributed by atoms with E-state index in [1.54, 1.807) is 16.7 Å². The number of anilines is 1. The number of likely N-dealkylation sites (N-methyl/N-ethyl adjacent to an activating group) is 1. The van der Waals surface area contributed by atoms with Crippen molar-refractivity contribution < 1.29 is 9.53 Å². The van der Waals surface area contributed by atoms with Crippen LogP contribution in [0.5, 0.6) is 0 Å². The van der Waals surface area contributed by atoms with Gasteiger partial charge in [0.25, 0.3) is 0 Å². The van der Waals surface area contributed by atoms with Crippen molar-refractivity contribution in [3.8, 4) is 0 Å². The number of benzene rings is 2. The Morgan fingerprint density at radius 2 is 1.83 bits per heavy atom. The maximum absolute atomic E-state index is 12.7. The predicted molar refractivity (Wildman–Crippen MR) is 98.5 cm³/mol. The van der Waals surface area contributed by atoms with Gasteiger partial charge in [-0.1, -0.05) is 36.4 Å². The van der Waals surface area contributed by atoms with Gasteiger partial charge in [-0.05, 0) is 37.4 Å². The van der Waals surface area contributed by atoms with Crippen molar-refractivity contribution >= 4 is 23.5 Å². The molecule has 0 saturated heterocycles. The first kappa shape index (κ1) is 16.9. The third-order valence-electron chi connectivity index (χ3n) is 3.97. The predicted octanol–water partition coefficient (Wildman–Crippen LogP) is 4.00. The molecule has 0 bridgehead atoms. The first-order valence-corrected chi connectivity index (χ1v) is 9.01. The Labute approximate surface area is 147 Å². The Hall–Kier alpha value is -1.98. The number of thioether (sulfide) groups is 1. The molecule has 1 heterocycles. The fourth-order valence-corrected chi connectivity index (χ4v) is 3.72. The molecule has 2 aromatic carbocycles. The van der Waals surface area contributed by atoms with Crippen molar-refractivity contribution in [1.29, 1.82) is 0 Å². The van der Waals surface area contributed by atoms with Gasteiger partial charge in [0.15, 0.2) is 0 Å². The maximum Gasteiger partial charge on any atom is 0.414 e. The summed E-state index contributed by atoms with van der Waals surface area (Å²) < 4.78 is 5.50. The molecule has 1 aliphatic heterocycles. The second-order valence-electron chi connectivity index (χ2n) is 6.03. The number of hydrogen-bond donors (Lipinski definition) is 0. The maximum atomic E-state index is 12.7. The SMILES string of the molecule is CN(C)CCOC(=O)N1Cc2ccccc2CSc2ccccc21. The Morgan fingerprint density at radius 1 is 1.12 bits per heavy atom. The van der Waals surface area contributed by atoms with Crippen molar-refractivity contribution in [1.82, 2.24) is 4.90 Å². The van der Waals surface area contributed by atoms with Crippen molar-refractivity contribution in [2.45, 2.75) is 17.2 Å². The molecule has 0 radical (unpaired) electrons. The van der Waals surface area contributed by atoms with E-state index in [0.29, 0.717) is 19.7 Å². The summed E-state index contributed by atoms with van der Waals surface area (Å²) in [7, 11) is 3.93. The third-order valence-corrected chi connectivity index (χ3v) is 5.08. The molecule has 1 amide bonds. The average Bonchev–Trinajstić information content (AvgIpc) is 2.56. The van der Waals surface area contributed by atoms with Crippen molar-refractivity contribution in [3.05, 3.63) is 59.7 Å². The molecular weight excluding hydrogens is 320 g/mol. The van der Waals surface area contributed by atoms with E-state index in [1.165, 1.54) is 11.1 Å². The fraction of sp³-hybridized carbons (Fsp3) is 0.316. The van der Waals surface area contributed by atoms with Gasteiger partial charge in [0.05, 0.1) is 12.2 Å². The molecule has 0 aliphatic carbocycles. The van der Waals surface area contributed by atoms with E-state index in [4.69, 9.17) is 4.74 Å². The number of ether oxygens (including phenoxy) is 1. The van der Waals surface area contributed by atoms with E-state index in [2.05, 4.69) is 18.2 Å². The first-order chi connectivity index (χ1) is 11.6. The first-order valence-electron chi connectivity index (χ1n) is 8.03. The Morgan fingerprint density at radius 3 is 2.62 bits per heavy atom. The van der Waals surface area contributed by atoms with E-state index >= 15 is 0 Å². The van der Waals surface area contributed by atoms with Crippen LogP contribution < -0.4 is 4.90 Å². The second kappa shape index (κ2) is 7.73. The van der Waals surface area contributed by atoms with Gasteiger partial charge in [-0.3, -0.25) is 4.90 Å². The molecule has 0 unspecified atom stereocenters. The molecule has 3 rings (SSSR count). The van der Waals surface area contributed by atoms with Crippen LogP contribution in [0, 0.1) is 0 Å². The monoisotopic (exact) mass is 342 g/mol. The molecule has 0 saturated carbocycles. The highest BCUT2D eigenvalue weighted by molar-refractivity contribution is 7.98. The lowest BCUT2D eigenvalue weighted by molar-refractivity contribution is 0.143. The van der Waals surface area contributed by atoms with Crippen molar-refractivity contribution in [2.24, 2.45) is 0 Å². The summed E-state index contributed by atoms with van der Waals surface area (Å²) in [5, 5.41) is 0. The smallest absolute Gasteiger partial charge is 0.414 e. The lowest BCUT2D eigenvalue weighted by Gasteiger charge is -2.28. The Bertz CT molecular complexity index is 718. The lowest BCUT2D eigenvalue weighted by atomic mass is 10.1. The van der Waals surface area contributed by atoms with Crippen LogP contribution in [0.15, 0.2) is 53.4 Å². The summed E-state index contributed by atoms with van der Waals surface area (Å²) in [4.78, 5) is 17.5. The minimum absolute atomic E-state index is 0.290. The lowest BCUT2D eigenvalue weighted by Crippen LogP contribution is -2.34. The summed E-state index contributed by atoms with van der Waals surface area (Å²) in [5.41, 5.74) is 3.36. The zero-order valence-corrected chi connectivity index (χ0v) is 14.9. The number of rotatable bonds is 3. The number of fused-ring (bicyclic) bond motifs is 2. The van der Waals surface area contributed by atoms with Gasteiger partial charge < -0.3 is 9.64 Å². The standard InChI is InChI=1S/C19H22N2O2S/c1-20(2)11-12-23-19(22)21-13-15-7-3-4-8-16(15)14-24-18-10-6-5-9-17(18)21/h3-10H,11-14H2,1-2H3. The molecule has 126 valence electrons. The molecule has 0 atom stereocenters. The van der Waals surface area contributed by atoms with Crippen LogP contribution in [-0.2, 0) is 17.0 Å². The van der Waals surface area contributed by atoms with E-state index in [1.807, 2.05) is 49.3 Å². The van der Waals surface area contributed by atoms with E-state index in [0.717, 1.165) is 16.3 Å². The number of hydrogen-bond acceptors (Lipinski definition) is 4. The highest BCUT2D eigenvalue weighted by Crippen LogP contribution is 2.36. The fourth-order valence-electron chi connectivity index (χ4n) is 2.62. The molecular formula is C19H22N2O2S. The normalized spacial score (nSPS) is 13.7. The van der Waals surface area contributed by atoms with Crippen LogP contribution in [0.3, 0.4) is 0 Å². The van der Waals surface area contributed by atoms with Crippen LogP contribution in [0.2, 0.25) is 0 Å². The highest BCUT2D eigenvalue weighted by Gasteiger charge is 2.23. The summed E-state index contributed by atoms with van der Waals surface area (Å²) in [6.45, 7) is 1.64. The molecule has 2 aromatic rings. The Kier molecular flexibility index (Phi) is 5.43.